The molecule has 3 aromatic rings. The minimum atomic E-state index is -0.200. The summed E-state index contributed by atoms with van der Waals surface area (Å²) in [5.41, 5.74) is 1.91. The third-order valence-corrected chi connectivity index (χ3v) is 4.79. The van der Waals surface area contributed by atoms with Gasteiger partial charge in [0.2, 0.25) is 17.6 Å². The zero-order valence-electron chi connectivity index (χ0n) is 17.1. The molecule has 6 heteroatoms. The highest BCUT2D eigenvalue weighted by molar-refractivity contribution is 5.83. The van der Waals surface area contributed by atoms with Crippen LogP contribution in [0.3, 0.4) is 0 Å². The summed E-state index contributed by atoms with van der Waals surface area (Å²) in [4.78, 5) is 17.2. The molecule has 6 nitrogen and oxygen atoms in total. The molecular formula is C23H27N3O3. The summed E-state index contributed by atoms with van der Waals surface area (Å²) in [5.74, 6) is 1.96. The quantitative estimate of drug-likeness (QED) is 0.551. The van der Waals surface area contributed by atoms with Gasteiger partial charge in [0.05, 0.1) is 13.0 Å². The van der Waals surface area contributed by atoms with E-state index < -0.39 is 0 Å². The molecule has 3 rings (SSSR count). The zero-order chi connectivity index (χ0) is 20.6. The van der Waals surface area contributed by atoms with Crippen LogP contribution in [0.2, 0.25) is 0 Å². The van der Waals surface area contributed by atoms with Crippen molar-refractivity contribution in [2.75, 3.05) is 13.7 Å². The molecule has 0 aliphatic heterocycles. The Kier molecular flexibility index (Phi) is 7.00. The molecule has 0 radical (unpaired) electrons. The highest BCUT2D eigenvalue weighted by Gasteiger charge is 2.23. The van der Waals surface area contributed by atoms with Crippen molar-refractivity contribution in [1.29, 1.82) is 0 Å². The van der Waals surface area contributed by atoms with Crippen LogP contribution in [0.1, 0.15) is 37.6 Å². The number of benzene rings is 2. The largest absolute Gasteiger partial charge is 0.497 e. The van der Waals surface area contributed by atoms with E-state index in [0.29, 0.717) is 24.7 Å². The van der Waals surface area contributed by atoms with Gasteiger partial charge in [0.25, 0.3) is 0 Å². The second-order valence-corrected chi connectivity index (χ2v) is 7.27. The van der Waals surface area contributed by atoms with Gasteiger partial charge in [0.1, 0.15) is 5.75 Å². The van der Waals surface area contributed by atoms with Crippen LogP contribution in [0.5, 0.6) is 5.75 Å². The maximum atomic E-state index is 12.7. The highest BCUT2D eigenvalue weighted by atomic mass is 16.5. The molecule has 1 aromatic heterocycles. The molecule has 0 fully saturated rings. The molecule has 1 N–H and O–H groups in total. The average molecular weight is 393 g/mol. The summed E-state index contributed by atoms with van der Waals surface area (Å²) < 4.78 is 10.5. The van der Waals surface area contributed by atoms with Crippen molar-refractivity contribution in [2.45, 2.75) is 32.6 Å². The average Bonchev–Trinajstić information content (AvgIpc) is 3.21. The topological polar surface area (TPSA) is 77.2 Å². The van der Waals surface area contributed by atoms with Crippen molar-refractivity contribution in [2.24, 2.45) is 5.92 Å². The maximum absolute atomic E-state index is 12.7. The van der Waals surface area contributed by atoms with Crippen LogP contribution in [0.25, 0.3) is 11.4 Å². The fourth-order valence-electron chi connectivity index (χ4n) is 3.27. The first-order valence-corrected chi connectivity index (χ1v) is 9.88. The lowest BCUT2D eigenvalue weighted by Crippen LogP contribution is -2.32. The number of amides is 1. The van der Waals surface area contributed by atoms with Gasteiger partial charge in [0, 0.05) is 18.5 Å². The molecule has 1 amide bonds. The number of aromatic nitrogens is 2. The SMILES string of the molecule is COc1ccc(C(C(=O)NCCCc2nc(-c3ccccc3)no2)C(C)C)cc1. The van der Waals surface area contributed by atoms with Gasteiger partial charge in [-0.1, -0.05) is 61.5 Å². The number of rotatable bonds is 9. The minimum Gasteiger partial charge on any atom is -0.497 e. The van der Waals surface area contributed by atoms with Gasteiger partial charge >= 0.3 is 0 Å². The second kappa shape index (κ2) is 9.87. The molecule has 0 saturated heterocycles. The molecule has 0 aliphatic rings. The van der Waals surface area contributed by atoms with Crippen molar-refractivity contribution in [3.63, 3.8) is 0 Å². The lowest BCUT2D eigenvalue weighted by molar-refractivity contribution is -0.123. The molecule has 2 aromatic carbocycles. The van der Waals surface area contributed by atoms with E-state index in [1.165, 1.54) is 0 Å². The number of nitrogens with one attached hydrogen (secondary N) is 1. The predicted molar refractivity (Wildman–Crippen MR) is 112 cm³/mol. The summed E-state index contributed by atoms with van der Waals surface area (Å²) in [6, 6.07) is 17.4. The van der Waals surface area contributed by atoms with Gasteiger partial charge in [-0.15, -0.1) is 0 Å². The summed E-state index contributed by atoms with van der Waals surface area (Å²) in [6.07, 6.45) is 1.35. The Labute approximate surface area is 171 Å². The molecule has 29 heavy (non-hydrogen) atoms. The number of ether oxygens (including phenoxy) is 1. The number of hydrogen-bond donors (Lipinski definition) is 1. The standard InChI is InChI=1S/C23H27N3O3/c1-16(2)21(17-11-13-19(28-3)14-12-17)23(27)24-15-7-10-20-25-22(26-29-20)18-8-5-4-6-9-18/h4-6,8-9,11-14,16,21H,7,10,15H2,1-3H3,(H,24,27). The number of carbonyl (C=O) groups is 1. The van der Waals surface area contributed by atoms with Crippen molar-refractivity contribution in [3.05, 3.63) is 66.1 Å². The lowest BCUT2D eigenvalue weighted by atomic mass is 9.87. The summed E-state index contributed by atoms with van der Waals surface area (Å²) >= 11 is 0. The first-order valence-electron chi connectivity index (χ1n) is 9.88. The Morgan fingerprint density at radius 3 is 2.48 bits per heavy atom. The maximum Gasteiger partial charge on any atom is 0.227 e. The van der Waals surface area contributed by atoms with Crippen molar-refractivity contribution in [3.8, 4) is 17.1 Å². The molecule has 1 atom stereocenters. The van der Waals surface area contributed by atoms with Crippen molar-refractivity contribution < 1.29 is 14.1 Å². The first-order chi connectivity index (χ1) is 14.1. The van der Waals surface area contributed by atoms with Crippen LogP contribution in [0.15, 0.2) is 59.1 Å². The van der Waals surface area contributed by atoms with E-state index in [0.717, 1.165) is 23.3 Å². The van der Waals surface area contributed by atoms with Crippen LogP contribution < -0.4 is 10.1 Å². The molecule has 1 unspecified atom stereocenters. The van der Waals surface area contributed by atoms with Gasteiger partial charge in [-0.3, -0.25) is 4.79 Å². The highest BCUT2D eigenvalue weighted by Crippen LogP contribution is 2.26. The Morgan fingerprint density at radius 2 is 1.83 bits per heavy atom. The Morgan fingerprint density at radius 1 is 1.10 bits per heavy atom. The van der Waals surface area contributed by atoms with E-state index in [9.17, 15) is 4.79 Å². The number of carbonyl (C=O) groups excluding carboxylic acids is 1. The van der Waals surface area contributed by atoms with Crippen LogP contribution >= 0.6 is 0 Å². The van der Waals surface area contributed by atoms with Crippen LogP contribution in [0.4, 0.5) is 0 Å². The van der Waals surface area contributed by atoms with Crippen LogP contribution in [-0.2, 0) is 11.2 Å². The monoisotopic (exact) mass is 393 g/mol. The smallest absolute Gasteiger partial charge is 0.227 e. The van der Waals surface area contributed by atoms with Crippen molar-refractivity contribution in [1.82, 2.24) is 15.5 Å². The molecule has 0 saturated carbocycles. The Balaban J connectivity index is 1.51. The van der Waals surface area contributed by atoms with Gasteiger partial charge in [0.15, 0.2) is 0 Å². The second-order valence-electron chi connectivity index (χ2n) is 7.27. The third-order valence-electron chi connectivity index (χ3n) is 4.79. The minimum absolute atomic E-state index is 0.0284. The van der Waals surface area contributed by atoms with Crippen LogP contribution in [-0.4, -0.2) is 29.7 Å². The first kappa shape index (κ1) is 20.6. The van der Waals surface area contributed by atoms with E-state index in [1.54, 1.807) is 7.11 Å². The normalized spacial score (nSPS) is 12.0. The summed E-state index contributed by atoms with van der Waals surface area (Å²) in [5, 5.41) is 7.06. The number of aryl methyl sites for hydroxylation is 1. The zero-order valence-corrected chi connectivity index (χ0v) is 17.1. The van der Waals surface area contributed by atoms with Crippen LogP contribution in [0, 0.1) is 5.92 Å². The van der Waals surface area contributed by atoms with Gasteiger partial charge < -0.3 is 14.6 Å². The molecule has 152 valence electrons. The Hall–Kier alpha value is -3.15. The van der Waals surface area contributed by atoms with E-state index in [4.69, 9.17) is 9.26 Å². The molecule has 0 aliphatic carbocycles. The number of nitrogens with zero attached hydrogens (tertiary/aromatic N) is 2. The van der Waals surface area contributed by atoms with E-state index in [2.05, 4.69) is 29.3 Å². The Bertz CT molecular complexity index is 905. The number of hydrogen-bond acceptors (Lipinski definition) is 5. The van der Waals surface area contributed by atoms with Gasteiger partial charge in [-0.05, 0) is 30.0 Å². The van der Waals surface area contributed by atoms with E-state index in [-0.39, 0.29) is 17.7 Å². The summed E-state index contributed by atoms with van der Waals surface area (Å²) in [7, 11) is 1.63. The predicted octanol–water partition coefficient (Wildman–Crippen LogP) is 4.23. The lowest BCUT2D eigenvalue weighted by Gasteiger charge is -2.21. The van der Waals surface area contributed by atoms with Crippen molar-refractivity contribution >= 4 is 5.91 Å². The molecular weight excluding hydrogens is 366 g/mol. The fourth-order valence-corrected chi connectivity index (χ4v) is 3.27. The fraction of sp³-hybridized carbons (Fsp3) is 0.348. The van der Waals surface area contributed by atoms with E-state index in [1.807, 2.05) is 54.6 Å². The number of methoxy groups -OCH3 is 1. The molecule has 0 bridgehead atoms. The third kappa shape index (κ3) is 5.44. The summed E-state index contributed by atoms with van der Waals surface area (Å²) in [6.45, 7) is 4.66. The van der Waals surface area contributed by atoms with Gasteiger partial charge in [-0.25, -0.2) is 0 Å². The molecule has 1 heterocycles. The van der Waals surface area contributed by atoms with E-state index >= 15 is 0 Å². The van der Waals surface area contributed by atoms with Gasteiger partial charge in [-0.2, -0.15) is 4.98 Å². The molecule has 0 spiro atoms.